The standard InChI is InChI=1S/C24H32N4O2/c1-27-21-10-6-5-9-19(21)25-23(27)15-28-13-17-11-20(22(30-2)12-18(17)14-28)26-24(29)16-7-3-4-8-16/h3-6,9-10,16-18,20,22H,7-8,11-15H2,1-2H3,(H,26,29)/t17-,18+,20-,22-/m0/s1. The van der Waals surface area contributed by atoms with Crippen molar-refractivity contribution in [3.63, 3.8) is 0 Å². The molecule has 5 rings (SSSR count). The first-order chi connectivity index (χ1) is 14.6. The first-order valence-electron chi connectivity index (χ1n) is 11.2. The third-order valence-electron chi connectivity index (χ3n) is 7.45. The molecule has 6 nitrogen and oxygen atoms in total. The van der Waals surface area contributed by atoms with Crippen molar-refractivity contribution < 1.29 is 9.53 Å². The number of ether oxygens (including phenoxy) is 1. The number of hydrogen-bond acceptors (Lipinski definition) is 4. The molecule has 30 heavy (non-hydrogen) atoms. The zero-order chi connectivity index (χ0) is 20.7. The average molecular weight is 409 g/mol. The molecule has 1 aromatic heterocycles. The summed E-state index contributed by atoms with van der Waals surface area (Å²) in [6, 6.07) is 8.45. The van der Waals surface area contributed by atoms with Crippen LogP contribution in [-0.4, -0.2) is 52.7 Å². The van der Waals surface area contributed by atoms with Gasteiger partial charge in [-0.15, -0.1) is 0 Å². The molecule has 3 aliphatic rings. The summed E-state index contributed by atoms with van der Waals surface area (Å²) in [5.74, 6) is 2.67. The molecule has 6 heteroatoms. The second-order valence-electron chi connectivity index (χ2n) is 9.29. The molecule has 1 amide bonds. The summed E-state index contributed by atoms with van der Waals surface area (Å²) in [5, 5.41) is 3.33. The van der Waals surface area contributed by atoms with Crippen LogP contribution in [0.1, 0.15) is 31.5 Å². The Balaban J connectivity index is 1.24. The van der Waals surface area contributed by atoms with E-state index in [0.29, 0.717) is 11.8 Å². The number of likely N-dealkylation sites (tertiary alicyclic amines) is 1. The number of para-hydroxylation sites is 2. The van der Waals surface area contributed by atoms with Crippen molar-refractivity contribution in [3.8, 4) is 0 Å². The minimum Gasteiger partial charge on any atom is -0.379 e. The van der Waals surface area contributed by atoms with Gasteiger partial charge in [-0.3, -0.25) is 9.69 Å². The molecule has 1 saturated heterocycles. The number of nitrogens with one attached hydrogen (secondary N) is 1. The minimum atomic E-state index is 0.109. The van der Waals surface area contributed by atoms with Crippen molar-refractivity contribution in [2.24, 2.45) is 24.8 Å². The smallest absolute Gasteiger partial charge is 0.224 e. The quantitative estimate of drug-likeness (QED) is 0.773. The predicted molar refractivity (Wildman–Crippen MR) is 117 cm³/mol. The molecule has 1 aromatic carbocycles. The van der Waals surface area contributed by atoms with Crippen LogP contribution in [0.4, 0.5) is 0 Å². The molecular formula is C24H32N4O2. The average Bonchev–Trinajstić information content (AvgIpc) is 3.47. The van der Waals surface area contributed by atoms with E-state index >= 15 is 0 Å². The van der Waals surface area contributed by atoms with Gasteiger partial charge in [-0.2, -0.15) is 0 Å². The van der Waals surface area contributed by atoms with Gasteiger partial charge in [0, 0.05) is 33.2 Å². The number of methoxy groups -OCH3 is 1. The lowest BCUT2D eigenvalue weighted by Gasteiger charge is -2.38. The number of aromatic nitrogens is 2. The molecule has 2 aromatic rings. The Morgan fingerprint density at radius 2 is 1.90 bits per heavy atom. The lowest BCUT2D eigenvalue weighted by Crippen LogP contribution is -2.51. The Hall–Kier alpha value is -2.18. The summed E-state index contributed by atoms with van der Waals surface area (Å²) in [7, 11) is 3.89. The molecule has 2 aliphatic carbocycles. The van der Waals surface area contributed by atoms with Gasteiger partial charge >= 0.3 is 0 Å². The zero-order valence-electron chi connectivity index (χ0n) is 18.0. The van der Waals surface area contributed by atoms with E-state index in [1.54, 1.807) is 7.11 Å². The Morgan fingerprint density at radius 1 is 1.17 bits per heavy atom. The summed E-state index contributed by atoms with van der Waals surface area (Å²) >= 11 is 0. The minimum absolute atomic E-state index is 0.109. The maximum absolute atomic E-state index is 12.7. The second-order valence-corrected chi connectivity index (χ2v) is 9.29. The van der Waals surface area contributed by atoms with Crippen molar-refractivity contribution in [1.29, 1.82) is 0 Å². The first kappa shape index (κ1) is 19.8. The van der Waals surface area contributed by atoms with Crippen molar-refractivity contribution in [3.05, 3.63) is 42.2 Å². The van der Waals surface area contributed by atoms with E-state index in [4.69, 9.17) is 9.72 Å². The fraction of sp³-hybridized carbons (Fsp3) is 0.583. The van der Waals surface area contributed by atoms with Gasteiger partial charge in [0.1, 0.15) is 5.82 Å². The highest BCUT2D eigenvalue weighted by molar-refractivity contribution is 5.80. The van der Waals surface area contributed by atoms with Gasteiger partial charge in [0.05, 0.1) is 29.7 Å². The fourth-order valence-electron chi connectivity index (χ4n) is 5.72. The number of imidazole rings is 1. The third kappa shape index (κ3) is 3.67. The molecule has 0 radical (unpaired) electrons. The third-order valence-corrected chi connectivity index (χ3v) is 7.45. The number of rotatable bonds is 5. The first-order valence-corrected chi connectivity index (χ1v) is 11.2. The molecule has 1 aliphatic heterocycles. The number of nitrogens with zero attached hydrogens (tertiary/aromatic N) is 3. The van der Waals surface area contributed by atoms with Gasteiger partial charge in [-0.05, 0) is 49.7 Å². The Kier molecular flexibility index (Phi) is 5.37. The van der Waals surface area contributed by atoms with E-state index in [1.165, 1.54) is 5.52 Å². The number of amides is 1. The van der Waals surface area contributed by atoms with E-state index in [9.17, 15) is 4.79 Å². The number of carbonyl (C=O) groups excluding carboxylic acids is 1. The SMILES string of the molecule is CO[C@H]1C[C@@H]2CN(Cc3nc4ccccc4n3C)C[C@@H]2C[C@@H]1NC(=O)C1CC=CC1. The van der Waals surface area contributed by atoms with E-state index < -0.39 is 0 Å². The van der Waals surface area contributed by atoms with Gasteiger partial charge in [0.15, 0.2) is 0 Å². The van der Waals surface area contributed by atoms with Crippen LogP contribution >= 0.6 is 0 Å². The van der Waals surface area contributed by atoms with Crippen LogP contribution in [0.15, 0.2) is 36.4 Å². The highest BCUT2D eigenvalue weighted by atomic mass is 16.5. The van der Waals surface area contributed by atoms with Crippen LogP contribution in [0, 0.1) is 17.8 Å². The summed E-state index contributed by atoms with van der Waals surface area (Å²) in [6.07, 6.45) is 8.11. The van der Waals surface area contributed by atoms with Gasteiger partial charge < -0.3 is 14.6 Å². The number of benzene rings is 1. The number of hydrogen-bond donors (Lipinski definition) is 1. The van der Waals surface area contributed by atoms with Gasteiger partial charge in [-0.25, -0.2) is 4.98 Å². The summed E-state index contributed by atoms with van der Waals surface area (Å²) in [4.78, 5) is 20.1. The molecule has 0 bridgehead atoms. The zero-order valence-corrected chi connectivity index (χ0v) is 18.0. The van der Waals surface area contributed by atoms with Crippen LogP contribution < -0.4 is 5.32 Å². The summed E-state index contributed by atoms with van der Waals surface area (Å²) < 4.78 is 8.04. The highest BCUT2D eigenvalue weighted by Gasteiger charge is 2.43. The Morgan fingerprint density at radius 3 is 2.63 bits per heavy atom. The number of allylic oxidation sites excluding steroid dienone is 2. The van der Waals surface area contributed by atoms with Crippen molar-refractivity contribution in [2.45, 2.75) is 44.4 Å². The van der Waals surface area contributed by atoms with E-state index in [0.717, 1.165) is 56.7 Å². The topological polar surface area (TPSA) is 59.4 Å². The van der Waals surface area contributed by atoms with Crippen LogP contribution in [0.25, 0.3) is 11.0 Å². The molecule has 0 unspecified atom stereocenters. The molecule has 4 atom stereocenters. The summed E-state index contributed by atoms with van der Waals surface area (Å²) in [5.41, 5.74) is 2.25. The molecule has 1 N–H and O–H groups in total. The Labute approximate surface area is 178 Å². The van der Waals surface area contributed by atoms with E-state index in [-0.39, 0.29) is 24.0 Å². The largest absolute Gasteiger partial charge is 0.379 e. The van der Waals surface area contributed by atoms with Crippen LogP contribution in [0.2, 0.25) is 0 Å². The molecule has 2 fully saturated rings. The Bertz CT molecular complexity index is 944. The molecular weight excluding hydrogens is 376 g/mol. The maximum atomic E-state index is 12.7. The fourth-order valence-corrected chi connectivity index (χ4v) is 5.72. The van der Waals surface area contributed by atoms with Crippen molar-refractivity contribution in [1.82, 2.24) is 19.8 Å². The van der Waals surface area contributed by atoms with Gasteiger partial charge in [0.25, 0.3) is 0 Å². The van der Waals surface area contributed by atoms with Crippen LogP contribution in [0.3, 0.4) is 0 Å². The van der Waals surface area contributed by atoms with Crippen molar-refractivity contribution in [2.75, 3.05) is 20.2 Å². The summed E-state index contributed by atoms with van der Waals surface area (Å²) in [6.45, 7) is 3.03. The maximum Gasteiger partial charge on any atom is 0.224 e. The van der Waals surface area contributed by atoms with Gasteiger partial charge in [-0.1, -0.05) is 24.3 Å². The van der Waals surface area contributed by atoms with Crippen LogP contribution in [-0.2, 0) is 23.1 Å². The lowest BCUT2D eigenvalue weighted by atomic mass is 9.77. The van der Waals surface area contributed by atoms with Crippen LogP contribution in [0.5, 0.6) is 0 Å². The van der Waals surface area contributed by atoms with Crippen molar-refractivity contribution >= 4 is 16.9 Å². The number of carbonyl (C=O) groups is 1. The predicted octanol–water partition coefficient (Wildman–Crippen LogP) is 2.88. The molecule has 0 spiro atoms. The molecule has 160 valence electrons. The van der Waals surface area contributed by atoms with E-state index in [1.807, 2.05) is 6.07 Å². The van der Waals surface area contributed by atoms with E-state index in [2.05, 4.69) is 52.2 Å². The van der Waals surface area contributed by atoms with Gasteiger partial charge in [0.2, 0.25) is 5.91 Å². The molecule has 2 heterocycles. The second kappa shape index (κ2) is 8.16. The normalized spacial score (nSPS) is 29.5. The number of fused-ring (bicyclic) bond motifs is 2. The number of aryl methyl sites for hydroxylation is 1. The highest BCUT2D eigenvalue weighted by Crippen LogP contribution is 2.38. The lowest BCUT2D eigenvalue weighted by molar-refractivity contribution is -0.127. The monoisotopic (exact) mass is 408 g/mol. The molecule has 1 saturated carbocycles.